The van der Waals surface area contributed by atoms with Gasteiger partial charge in [-0.1, -0.05) is 44.4 Å². The molecule has 0 spiro atoms. The smallest absolute Gasteiger partial charge is 0.0908 e. The third kappa shape index (κ3) is 5.01. The lowest BCUT2D eigenvalue weighted by Gasteiger charge is -2.35. The lowest BCUT2D eigenvalue weighted by Crippen LogP contribution is -2.22. The summed E-state index contributed by atoms with van der Waals surface area (Å²) in [7, 11) is 0. The number of hydrogen-bond donors (Lipinski definition) is 0. The van der Waals surface area contributed by atoms with E-state index in [2.05, 4.69) is 25.6 Å². The number of nitrogens with zero attached hydrogens (tertiary/aromatic N) is 1. The molecule has 0 heterocycles. The van der Waals surface area contributed by atoms with Crippen LogP contribution in [0.15, 0.2) is 24.3 Å². The second kappa shape index (κ2) is 9.19. The predicted molar refractivity (Wildman–Crippen MR) is 94.3 cm³/mol. The molecule has 1 heteroatoms. The highest BCUT2D eigenvalue weighted by atomic mass is 14.3. The van der Waals surface area contributed by atoms with Crippen LogP contribution in [0.25, 0.3) is 0 Å². The van der Waals surface area contributed by atoms with Crippen LogP contribution in [-0.4, -0.2) is 0 Å². The van der Waals surface area contributed by atoms with Gasteiger partial charge in [-0.2, -0.15) is 5.26 Å². The van der Waals surface area contributed by atoms with E-state index in [1.165, 1.54) is 70.6 Å². The van der Waals surface area contributed by atoms with Gasteiger partial charge in [0.2, 0.25) is 0 Å². The van der Waals surface area contributed by atoms with Crippen LogP contribution in [0.4, 0.5) is 0 Å². The summed E-state index contributed by atoms with van der Waals surface area (Å²) in [6, 6.07) is 2.12. The SMILES string of the molecule is C=C([C@H]1CC[C@H](/C=C/C#N)CC1)[C@H]1CC[C@H](CCCC)CC1. The summed E-state index contributed by atoms with van der Waals surface area (Å²) in [6.45, 7) is 6.81. The Balaban J connectivity index is 1.72. The maximum Gasteiger partial charge on any atom is 0.0908 e. The van der Waals surface area contributed by atoms with Crippen LogP contribution in [0.1, 0.15) is 77.6 Å². The van der Waals surface area contributed by atoms with Crippen molar-refractivity contribution in [1.29, 1.82) is 5.26 Å². The lowest BCUT2D eigenvalue weighted by molar-refractivity contribution is 0.253. The summed E-state index contributed by atoms with van der Waals surface area (Å²) in [5.74, 6) is 3.18. The summed E-state index contributed by atoms with van der Waals surface area (Å²) in [5, 5.41) is 8.63. The highest BCUT2D eigenvalue weighted by Crippen LogP contribution is 2.42. The fourth-order valence-corrected chi connectivity index (χ4v) is 4.51. The van der Waals surface area contributed by atoms with E-state index in [4.69, 9.17) is 5.26 Å². The van der Waals surface area contributed by atoms with Crippen molar-refractivity contribution in [2.75, 3.05) is 0 Å². The second-order valence-electron chi connectivity index (χ2n) is 7.53. The highest BCUT2D eigenvalue weighted by molar-refractivity contribution is 5.10. The van der Waals surface area contributed by atoms with Gasteiger partial charge in [-0.25, -0.2) is 0 Å². The Bertz CT molecular complexity index is 398. The van der Waals surface area contributed by atoms with Gasteiger partial charge >= 0.3 is 0 Å². The first-order valence-electron chi connectivity index (χ1n) is 9.49. The molecule has 0 N–H and O–H groups in total. The molecule has 0 amide bonds. The normalized spacial score (nSPS) is 32.7. The molecule has 0 bridgehead atoms. The maximum atomic E-state index is 8.63. The van der Waals surface area contributed by atoms with Crippen LogP contribution in [0.5, 0.6) is 0 Å². The Morgan fingerprint density at radius 3 is 2.18 bits per heavy atom. The van der Waals surface area contributed by atoms with Crippen molar-refractivity contribution in [3.63, 3.8) is 0 Å². The first kappa shape index (κ1) is 17.3. The summed E-state index contributed by atoms with van der Waals surface area (Å²) in [6.07, 6.45) is 18.7. The number of hydrogen-bond acceptors (Lipinski definition) is 1. The first-order valence-corrected chi connectivity index (χ1v) is 9.49. The van der Waals surface area contributed by atoms with E-state index in [0.29, 0.717) is 5.92 Å². The van der Waals surface area contributed by atoms with Gasteiger partial charge in [0.1, 0.15) is 0 Å². The molecule has 2 aliphatic rings. The van der Waals surface area contributed by atoms with Gasteiger partial charge < -0.3 is 0 Å². The Kier molecular flexibility index (Phi) is 7.23. The number of allylic oxidation sites excluding steroid dienone is 3. The zero-order valence-corrected chi connectivity index (χ0v) is 14.4. The van der Waals surface area contributed by atoms with Gasteiger partial charge in [-0.15, -0.1) is 0 Å². The molecule has 0 aromatic carbocycles. The Labute approximate surface area is 137 Å². The van der Waals surface area contributed by atoms with Crippen LogP contribution >= 0.6 is 0 Å². The van der Waals surface area contributed by atoms with Crippen LogP contribution in [0.3, 0.4) is 0 Å². The van der Waals surface area contributed by atoms with Gasteiger partial charge in [0.25, 0.3) is 0 Å². The molecule has 2 saturated carbocycles. The second-order valence-corrected chi connectivity index (χ2v) is 7.53. The number of nitriles is 1. The van der Waals surface area contributed by atoms with E-state index in [1.807, 2.05) is 0 Å². The molecule has 0 aromatic rings. The third-order valence-corrected chi connectivity index (χ3v) is 6.08. The van der Waals surface area contributed by atoms with E-state index in [9.17, 15) is 0 Å². The van der Waals surface area contributed by atoms with Crippen LogP contribution in [-0.2, 0) is 0 Å². The predicted octanol–water partition coefficient (Wildman–Crippen LogP) is 6.43. The van der Waals surface area contributed by atoms with Crippen molar-refractivity contribution >= 4 is 0 Å². The first-order chi connectivity index (χ1) is 10.7. The zero-order chi connectivity index (χ0) is 15.8. The lowest BCUT2D eigenvalue weighted by atomic mass is 9.70. The van der Waals surface area contributed by atoms with Gasteiger partial charge in [0.05, 0.1) is 6.07 Å². The van der Waals surface area contributed by atoms with E-state index >= 15 is 0 Å². The van der Waals surface area contributed by atoms with Gasteiger partial charge in [0, 0.05) is 6.08 Å². The zero-order valence-electron chi connectivity index (χ0n) is 14.4. The molecule has 2 aliphatic carbocycles. The molecule has 0 aromatic heterocycles. The van der Waals surface area contributed by atoms with Crippen molar-refractivity contribution in [3.05, 3.63) is 24.3 Å². The minimum atomic E-state index is 0.633. The van der Waals surface area contributed by atoms with E-state index in [1.54, 1.807) is 11.6 Å². The quantitative estimate of drug-likeness (QED) is 0.410. The standard InChI is InChI=1S/C21H33N/c1-3-4-6-18-8-12-20(13-9-18)17(2)21-14-10-19(11-15-21)7-5-16-22/h5,7,18-21H,2-4,6,8-15H2,1H3/b7-5+/t18-,19-,20-,21-. The third-order valence-electron chi connectivity index (χ3n) is 6.08. The molecule has 122 valence electrons. The molecular formula is C21H33N. The highest BCUT2D eigenvalue weighted by Gasteiger charge is 2.28. The van der Waals surface area contributed by atoms with Crippen molar-refractivity contribution in [2.24, 2.45) is 23.7 Å². The minimum absolute atomic E-state index is 0.633. The van der Waals surface area contributed by atoms with E-state index in [0.717, 1.165) is 17.8 Å². The Morgan fingerprint density at radius 2 is 1.64 bits per heavy atom. The average molecular weight is 300 g/mol. The fraction of sp³-hybridized carbons (Fsp3) is 0.762. The van der Waals surface area contributed by atoms with Crippen LogP contribution in [0.2, 0.25) is 0 Å². The molecule has 2 fully saturated rings. The number of rotatable bonds is 6. The largest absolute Gasteiger partial charge is 0.193 e. The summed E-state index contributed by atoms with van der Waals surface area (Å²) in [4.78, 5) is 0. The van der Waals surface area contributed by atoms with Crippen LogP contribution in [0, 0.1) is 35.0 Å². The molecule has 0 radical (unpaired) electrons. The summed E-state index contributed by atoms with van der Waals surface area (Å²) >= 11 is 0. The van der Waals surface area contributed by atoms with Crippen molar-refractivity contribution in [3.8, 4) is 6.07 Å². The van der Waals surface area contributed by atoms with Crippen LogP contribution < -0.4 is 0 Å². The molecule has 0 saturated heterocycles. The topological polar surface area (TPSA) is 23.8 Å². The van der Waals surface area contributed by atoms with Gasteiger partial charge in [0.15, 0.2) is 0 Å². The van der Waals surface area contributed by atoms with Crippen molar-refractivity contribution < 1.29 is 0 Å². The molecule has 0 aliphatic heterocycles. The maximum absolute atomic E-state index is 8.63. The minimum Gasteiger partial charge on any atom is -0.193 e. The number of unbranched alkanes of at least 4 members (excludes halogenated alkanes) is 1. The molecule has 2 rings (SSSR count). The Morgan fingerprint density at radius 1 is 1.05 bits per heavy atom. The summed E-state index contributed by atoms with van der Waals surface area (Å²) in [5.41, 5.74) is 1.57. The Hall–Kier alpha value is -1.03. The molecule has 0 unspecified atom stereocenters. The molecular weight excluding hydrogens is 266 g/mol. The average Bonchev–Trinajstić information content (AvgIpc) is 2.58. The molecule has 1 nitrogen and oxygen atoms in total. The van der Waals surface area contributed by atoms with Crippen molar-refractivity contribution in [2.45, 2.75) is 77.6 Å². The summed E-state index contributed by atoms with van der Waals surface area (Å²) < 4.78 is 0. The fourth-order valence-electron chi connectivity index (χ4n) is 4.51. The van der Waals surface area contributed by atoms with E-state index in [-0.39, 0.29) is 0 Å². The van der Waals surface area contributed by atoms with Gasteiger partial charge in [-0.3, -0.25) is 0 Å². The monoisotopic (exact) mass is 299 g/mol. The molecule has 0 atom stereocenters. The van der Waals surface area contributed by atoms with Crippen molar-refractivity contribution in [1.82, 2.24) is 0 Å². The molecule has 22 heavy (non-hydrogen) atoms. The van der Waals surface area contributed by atoms with E-state index < -0.39 is 0 Å². The van der Waals surface area contributed by atoms with Gasteiger partial charge in [-0.05, 0) is 75.0 Å².